The van der Waals surface area contributed by atoms with Crippen LogP contribution in [0.15, 0.2) is 67.3 Å². The SMILES string of the molecule is C=CCN1CC[C@@]2(c3cccc(O)c3)C[C@H](NC(=O)C=Cc3cccc(OC)c3)CC[C@]2(OC)C1. The second kappa shape index (κ2) is 10.7. The number of benzene rings is 2. The second-order valence-corrected chi connectivity index (χ2v) is 9.66. The summed E-state index contributed by atoms with van der Waals surface area (Å²) in [6, 6.07) is 15.2. The van der Waals surface area contributed by atoms with E-state index in [1.165, 1.54) is 0 Å². The number of ether oxygens (including phenoxy) is 2. The van der Waals surface area contributed by atoms with E-state index >= 15 is 0 Å². The molecule has 1 saturated carbocycles. The number of fused-ring (bicyclic) bond motifs is 1. The van der Waals surface area contributed by atoms with Crippen molar-refractivity contribution < 1.29 is 19.4 Å². The van der Waals surface area contributed by atoms with Crippen molar-refractivity contribution in [2.24, 2.45) is 0 Å². The predicted octanol–water partition coefficient (Wildman–Crippen LogP) is 4.30. The highest BCUT2D eigenvalue weighted by Crippen LogP contribution is 2.53. The summed E-state index contributed by atoms with van der Waals surface area (Å²) in [5, 5.41) is 13.5. The molecule has 1 aliphatic heterocycles. The Morgan fingerprint density at radius 1 is 1.23 bits per heavy atom. The van der Waals surface area contributed by atoms with Crippen LogP contribution in [0.3, 0.4) is 0 Å². The van der Waals surface area contributed by atoms with Gasteiger partial charge in [0.1, 0.15) is 11.5 Å². The summed E-state index contributed by atoms with van der Waals surface area (Å²) in [4.78, 5) is 15.2. The number of hydrogen-bond acceptors (Lipinski definition) is 5. The van der Waals surface area contributed by atoms with E-state index in [-0.39, 0.29) is 23.1 Å². The van der Waals surface area contributed by atoms with Gasteiger partial charge in [-0.2, -0.15) is 0 Å². The molecule has 2 N–H and O–H groups in total. The molecule has 1 saturated heterocycles. The Hall–Kier alpha value is -3.09. The highest BCUT2D eigenvalue weighted by molar-refractivity contribution is 5.92. The van der Waals surface area contributed by atoms with E-state index in [1.807, 2.05) is 42.5 Å². The summed E-state index contributed by atoms with van der Waals surface area (Å²) in [5.41, 5.74) is 1.26. The van der Waals surface area contributed by atoms with E-state index in [0.717, 1.165) is 62.2 Å². The third kappa shape index (κ3) is 5.14. The molecule has 2 fully saturated rings. The van der Waals surface area contributed by atoms with Gasteiger partial charge in [0, 0.05) is 37.7 Å². The van der Waals surface area contributed by atoms with Gasteiger partial charge in [-0.1, -0.05) is 30.3 Å². The van der Waals surface area contributed by atoms with E-state index in [0.29, 0.717) is 0 Å². The van der Waals surface area contributed by atoms with Crippen molar-refractivity contribution >= 4 is 12.0 Å². The number of phenols is 1. The highest BCUT2D eigenvalue weighted by Gasteiger charge is 2.58. The minimum absolute atomic E-state index is 0.00837. The molecule has 3 atom stereocenters. The molecule has 4 rings (SSSR count). The van der Waals surface area contributed by atoms with E-state index in [9.17, 15) is 9.90 Å². The second-order valence-electron chi connectivity index (χ2n) is 9.66. The predicted molar refractivity (Wildman–Crippen MR) is 139 cm³/mol. The average molecular weight is 477 g/mol. The summed E-state index contributed by atoms with van der Waals surface area (Å²) in [6.07, 6.45) is 8.60. The Labute approximate surface area is 208 Å². The molecule has 35 heavy (non-hydrogen) atoms. The third-order valence-corrected chi connectivity index (χ3v) is 7.74. The Kier molecular flexibility index (Phi) is 7.63. The van der Waals surface area contributed by atoms with Crippen molar-refractivity contribution in [1.29, 1.82) is 0 Å². The summed E-state index contributed by atoms with van der Waals surface area (Å²) in [6.45, 7) is 6.43. The van der Waals surface area contributed by atoms with Crippen molar-refractivity contribution in [2.75, 3.05) is 33.9 Å². The summed E-state index contributed by atoms with van der Waals surface area (Å²) >= 11 is 0. The molecule has 0 radical (unpaired) electrons. The molecule has 1 aliphatic carbocycles. The van der Waals surface area contributed by atoms with Crippen LogP contribution < -0.4 is 10.1 Å². The third-order valence-electron chi connectivity index (χ3n) is 7.74. The molecule has 0 spiro atoms. The first-order valence-electron chi connectivity index (χ1n) is 12.2. The maximum Gasteiger partial charge on any atom is 0.244 e. The molecule has 0 bridgehead atoms. The van der Waals surface area contributed by atoms with E-state index in [2.05, 4.69) is 22.9 Å². The molecule has 1 amide bonds. The molecular formula is C29H36N2O4. The normalized spacial score (nSPS) is 26.7. The fraction of sp³-hybridized carbons (Fsp3) is 0.414. The molecule has 0 unspecified atom stereocenters. The van der Waals surface area contributed by atoms with Crippen LogP contribution in [0, 0.1) is 0 Å². The van der Waals surface area contributed by atoms with Crippen molar-refractivity contribution in [3.05, 3.63) is 78.4 Å². The van der Waals surface area contributed by atoms with Crippen LogP contribution in [0.2, 0.25) is 0 Å². The highest BCUT2D eigenvalue weighted by atomic mass is 16.5. The standard InChI is InChI=1S/C29H36N2O4/c1-4-16-31-17-15-28(23-8-6-9-25(32)19-23)20-24(13-14-29(28,21-31)35-3)30-27(33)12-11-22-7-5-10-26(18-22)34-2/h4-12,18-19,24,32H,1,13-17,20-21H2,2-3H3,(H,30,33)/t24-,28+,29+/m1/s1. The molecule has 1 heterocycles. The lowest BCUT2D eigenvalue weighted by Crippen LogP contribution is -2.67. The van der Waals surface area contributed by atoms with Gasteiger partial charge in [0.15, 0.2) is 0 Å². The molecule has 2 aliphatic rings. The van der Waals surface area contributed by atoms with Gasteiger partial charge in [-0.3, -0.25) is 9.69 Å². The zero-order chi connectivity index (χ0) is 24.9. The van der Waals surface area contributed by atoms with Crippen molar-refractivity contribution in [3.63, 3.8) is 0 Å². The molecule has 186 valence electrons. The lowest BCUT2D eigenvalue weighted by molar-refractivity contribution is -0.148. The van der Waals surface area contributed by atoms with Crippen LogP contribution >= 0.6 is 0 Å². The number of carbonyl (C=O) groups is 1. The quantitative estimate of drug-likeness (QED) is 0.439. The minimum atomic E-state index is -0.403. The number of carbonyl (C=O) groups excluding carboxylic acids is 1. The monoisotopic (exact) mass is 476 g/mol. The van der Waals surface area contributed by atoms with Crippen LogP contribution in [-0.4, -0.2) is 61.4 Å². The number of rotatable bonds is 8. The Morgan fingerprint density at radius 2 is 2.06 bits per heavy atom. The Balaban J connectivity index is 1.57. The number of nitrogens with one attached hydrogen (secondary N) is 1. The number of nitrogens with zero attached hydrogens (tertiary/aromatic N) is 1. The molecule has 2 aromatic rings. The smallest absolute Gasteiger partial charge is 0.244 e. The molecule has 2 aromatic carbocycles. The number of methoxy groups -OCH3 is 2. The van der Waals surface area contributed by atoms with Crippen LogP contribution in [0.25, 0.3) is 6.08 Å². The van der Waals surface area contributed by atoms with Gasteiger partial charge in [-0.05, 0) is 73.7 Å². The zero-order valence-corrected chi connectivity index (χ0v) is 20.7. The molecule has 6 heteroatoms. The minimum Gasteiger partial charge on any atom is -0.508 e. The van der Waals surface area contributed by atoms with Gasteiger partial charge >= 0.3 is 0 Å². The van der Waals surface area contributed by atoms with Crippen molar-refractivity contribution in [2.45, 2.75) is 42.7 Å². The first-order valence-corrected chi connectivity index (χ1v) is 12.2. The van der Waals surface area contributed by atoms with Gasteiger partial charge in [-0.25, -0.2) is 0 Å². The molecule has 6 nitrogen and oxygen atoms in total. The van der Waals surface area contributed by atoms with Crippen molar-refractivity contribution in [1.82, 2.24) is 10.2 Å². The molecular weight excluding hydrogens is 440 g/mol. The Bertz CT molecular complexity index is 1080. The number of phenolic OH excluding ortho intramolecular Hbond substituents is 1. The average Bonchev–Trinajstić information content (AvgIpc) is 2.88. The lowest BCUT2D eigenvalue weighted by Gasteiger charge is -2.59. The van der Waals surface area contributed by atoms with Gasteiger partial charge in [-0.15, -0.1) is 6.58 Å². The first-order chi connectivity index (χ1) is 16.9. The number of hydrogen-bond donors (Lipinski definition) is 2. The number of aromatic hydroxyl groups is 1. The lowest BCUT2D eigenvalue weighted by atomic mass is 9.55. The van der Waals surface area contributed by atoms with E-state index in [4.69, 9.17) is 9.47 Å². The zero-order valence-electron chi connectivity index (χ0n) is 20.7. The summed E-state index contributed by atoms with van der Waals surface area (Å²) < 4.78 is 11.6. The fourth-order valence-corrected chi connectivity index (χ4v) is 6.02. The first kappa shape index (κ1) is 25.0. The Morgan fingerprint density at radius 3 is 2.80 bits per heavy atom. The van der Waals surface area contributed by atoms with Crippen LogP contribution in [0.4, 0.5) is 0 Å². The number of likely N-dealkylation sites (tertiary alicyclic amines) is 1. The maximum atomic E-state index is 12.9. The van der Waals surface area contributed by atoms with Gasteiger partial charge in [0.25, 0.3) is 0 Å². The van der Waals surface area contributed by atoms with Crippen LogP contribution in [0.1, 0.15) is 36.8 Å². The van der Waals surface area contributed by atoms with Gasteiger partial charge in [0.05, 0.1) is 12.7 Å². The largest absolute Gasteiger partial charge is 0.508 e. The number of amides is 1. The van der Waals surface area contributed by atoms with Gasteiger partial charge < -0.3 is 19.9 Å². The van der Waals surface area contributed by atoms with E-state index < -0.39 is 5.60 Å². The maximum absolute atomic E-state index is 12.9. The number of piperidine rings is 1. The van der Waals surface area contributed by atoms with Crippen LogP contribution in [-0.2, 0) is 14.9 Å². The fourth-order valence-electron chi connectivity index (χ4n) is 6.02. The van der Waals surface area contributed by atoms with Gasteiger partial charge in [0.2, 0.25) is 5.91 Å². The topological polar surface area (TPSA) is 71.0 Å². The van der Waals surface area contributed by atoms with E-state index in [1.54, 1.807) is 32.4 Å². The van der Waals surface area contributed by atoms with Crippen molar-refractivity contribution in [3.8, 4) is 11.5 Å². The summed E-state index contributed by atoms with van der Waals surface area (Å²) in [7, 11) is 3.42. The van der Waals surface area contributed by atoms with Crippen LogP contribution in [0.5, 0.6) is 11.5 Å². The molecule has 0 aromatic heterocycles. The summed E-state index contributed by atoms with van der Waals surface area (Å²) in [5.74, 6) is 0.896.